The molecule has 9 heavy (non-hydrogen) atoms. The van der Waals surface area contributed by atoms with Gasteiger partial charge in [-0.2, -0.15) is 0 Å². The molecule has 2 nitrogen and oxygen atoms in total. The van der Waals surface area contributed by atoms with Gasteiger partial charge in [0, 0.05) is 0 Å². The molecule has 0 aliphatic heterocycles. The van der Waals surface area contributed by atoms with Crippen LogP contribution in [-0.4, -0.2) is 5.84 Å². The topological polar surface area (TPSA) is 49.9 Å². The first-order valence-corrected chi connectivity index (χ1v) is 2.95. The molecule has 3 N–H and O–H groups in total. The molecule has 52 valence electrons. The molecule has 0 saturated carbocycles. The SMILES string of the molecule is CC(C)(C)C=CC(=N)N. The van der Waals surface area contributed by atoms with Crippen LogP contribution in [0.4, 0.5) is 0 Å². The van der Waals surface area contributed by atoms with Gasteiger partial charge in [-0.15, -0.1) is 0 Å². The Labute approximate surface area is 56.3 Å². The van der Waals surface area contributed by atoms with Gasteiger partial charge < -0.3 is 5.73 Å². The van der Waals surface area contributed by atoms with Crippen molar-refractivity contribution < 1.29 is 0 Å². The number of allylic oxidation sites excluding steroid dienone is 1. The molecule has 0 spiro atoms. The van der Waals surface area contributed by atoms with E-state index in [0.29, 0.717) is 0 Å². The summed E-state index contributed by atoms with van der Waals surface area (Å²) in [5, 5.41) is 6.87. The van der Waals surface area contributed by atoms with Crippen molar-refractivity contribution in [3.05, 3.63) is 12.2 Å². The maximum absolute atomic E-state index is 6.87. The maximum Gasteiger partial charge on any atom is 0.115 e. The summed E-state index contributed by atoms with van der Waals surface area (Å²) in [6, 6.07) is 0. The first-order chi connectivity index (χ1) is 3.92. The van der Waals surface area contributed by atoms with E-state index in [1.165, 1.54) is 0 Å². The second kappa shape index (κ2) is 2.67. The van der Waals surface area contributed by atoms with E-state index in [0.717, 1.165) is 0 Å². The van der Waals surface area contributed by atoms with Gasteiger partial charge in [-0.3, -0.25) is 5.41 Å². The summed E-state index contributed by atoms with van der Waals surface area (Å²) in [7, 11) is 0. The third-order valence-electron chi connectivity index (χ3n) is 0.763. The van der Waals surface area contributed by atoms with E-state index in [4.69, 9.17) is 11.1 Å². The fourth-order valence-corrected chi connectivity index (χ4v) is 0.340. The van der Waals surface area contributed by atoms with E-state index in [1.807, 2.05) is 6.08 Å². The summed E-state index contributed by atoms with van der Waals surface area (Å²) in [6.07, 6.45) is 3.52. The predicted octanol–water partition coefficient (Wildman–Crippen LogP) is 1.52. The van der Waals surface area contributed by atoms with Gasteiger partial charge in [-0.25, -0.2) is 0 Å². The smallest absolute Gasteiger partial charge is 0.115 e. The highest BCUT2D eigenvalue weighted by Gasteiger charge is 2.02. The average Bonchev–Trinajstić information content (AvgIpc) is 1.59. The van der Waals surface area contributed by atoms with Crippen LogP contribution in [0.2, 0.25) is 0 Å². The zero-order valence-electron chi connectivity index (χ0n) is 6.23. The van der Waals surface area contributed by atoms with Gasteiger partial charge in [-0.05, 0) is 11.5 Å². The minimum Gasteiger partial charge on any atom is -0.384 e. The van der Waals surface area contributed by atoms with Crippen LogP contribution in [0.5, 0.6) is 0 Å². The van der Waals surface area contributed by atoms with Crippen LogP contribution in [0.15, 0.2) is 12.2 Å². The molecule has 0 unspecified atom stereocenters. The third kappa shape index (κ3) is 7.21. The molecule has 0 atom stereocenters. The van der Waals surface area contributed by atoms with E-state index < -0.39 is 0 Å². The molecule has 0 aromatic rings. The largest absolute Gasteiger partial charge is 0.384 e. The van der Waals surface area contributed by atoms with E-state index in [1.54, 1.807) is 6.08 Å². The summed E-state index contributed by atoms with van der Waals surface area (Å²) >= 11 is 0. The second-order valence-corrected chi connectivity index (χ2v) is 3.15. The molecular formula is C7H14N2. The molecule has 0 bridgehead atoms. The Bertz CT molecular complexity index is 128. The summed E-state index contributed by atoms with van der Waals surface area (Å²) in [5.41, 5.74) is 5.23. The highest BCUT2D eigenvalue weighted by Crippen LogP contribution is 2.13. The molecule has 0 aliphatic rings. The second-order valence-electron chi connectivity index (χ2n) is 3.15. The van der Waals surface area contributed by atoms with E-state index >= 15 is 0 Å². The highest BCUT2D eigenvalue weighted by atomic mass is 14.7. The van der Waals surface area contributed by atoms with Crippen LogP contribution >= 0.6 is 0 Å². The summed E-state index contributed by atoms with van der Waals surface area (Å²) in [4.78, 5) is 0. The van der Waals surface area contributed by atoms with Crippen LogP contribution in [0.3, 0.4) is 0 Å². The molecule has 0 aromatic carbocycles. The molecule has 0 saturated heterocycles. The lowest BCUT2D eigenvalue weighted by molar-refractivity contribution is 0.544. The minimum absolute atomic E-state index is 0.116. The fourth-order valence-electron chi connectivity index (χ4n) is 0.340. The van der Waals surface area contributed by atoms with Crippen molar-refractivity contribution in [2.45, 2.75) is 20.8 Å². The Hall–Kier alpha value is -0.790. The Morgan fingerprint density at radius 1 is 1.44 bits per heavy atom. The standard InChI is InChI=1S/C7H14N2/c1-7(2,3)5-4-6(8)9/h4-5H,1-3H3,(H3,8,9). The van der Waals surface area contributed by atoms with E-state index in [2.05, 4.69) is 20.8 Å². The molecule has 0 fully saturated rings. The first-order valence-electron chi connectivity index (χ1n) is 2.95. The van der Waals surface area contributed by atoms with Gasteiger partial charge in [-0.1, -0.05) is 26.8 Å². The van der Waals surface area contributed by atoms with Crippen LogP contribution in [0.1, 0.15) is 20.8 Å². The van der Waals surface area contributed by atoms with Gasteiger partial charge in [0.25, 0.3) is 0 Å². The quantitative estimate of drug-likeness (QED) is 0.406. The maximum atomic E-state index is 6.87. The Morgan fingerprint density at radius 3 is 2.00 bits per heavy atom. The Balaban J connectivity index is 3.86. The Morgan fingerprint density at radius 2 is 1.89 bits per heavy atom. The van der Waals surface area contributed by atoms with E-state index in [-0.39, 0.29) is 11.3 Å². The van der Waals surface area contributed by atoms with Gasteiger partial charge >= 0.3 is 0 Å². The minimum atomic E-state index is 0.116. The normalized spacial score (nSPS) is 12.3. The summed E-state index contributed by atoms with van der Waals surface area (Å²) < 4.78 is 0. The van der Waals surface area contributed by atoms with Gasteiger partial charge in [0.15, 0.2) is 0 Å². The van der Waals surface area contributed by atoms with Gasteiger partial charge in [0.05, 0.1) is 0 Å². The number of hydrogen-bond acceptors (Lipinski definition) is 1. The van der Waals surface area contributed by atoms with E-state index in [9.17, 15) is 0 Å². The molecule has 0 amide bonds. The summed E-state index contributed by atoms with van der Waals surface area (Å²) in [6.45, 7) is 6.19. The lowest BCUT2D eigenvalue weighted by Crippen LogP contribution is -2.07. The van der Waals surface area contributed by atoms with Crippen molar-refractivity contribution in [1.29, 1.82) is 5.41 Å². The number of nitrogens with two attached hydrogens (primary N) is 1. The van der Waals surface area contributed by atoms with Gasteiger partial charge in [0.1, 0.15) is 5.84 Å². The number of rotatable bonds is 1. The molecule has 0 aliphatic carbocycles. The predicted molar refractivity (Wildman–Crippen MR) is 40.5 cm³/mol. The lowest BCUT2D eigenvalue weighted by atomic mass is 9.96. The van der Waals surface area contributed by atoms with Crippen molar-refractivity contribution in [1.82, 2.24) is 0 Å². The molecule has 2 heteroatoms. The monoisotopic (exact) mass is 126 g/mol. The van der Waals surface area contributed by atoms with Crippen molar-refractivity contribution in [3.8, 4) is 0 Å². The molecule has 0 rings (SSSR count). The van der Waals surface area contributed by atoms with Crippen molar-refractivity contribution in [2.24, 2.45) is 11.1 Å². The zero-order chi connectivity index (χ0) is 7.49. The first kappa shape index (κ1) is 8.21. The average molecular weight is 126 g/mol. The third-order valence-corrected chi connectivity index (χ3v) is 0.763. The fraction of sp³-hybridized carbons (Fsp3) is 0.571. The summed E-state index contributed by atoms with van der Waals surface area (Å²) in [5.74, 6) is 0.116. The van der Waals surface area contributed by atoms with Crippen LogP contribution in [-0.2, 0) is 0 Å². The van der Waals surface area contributed by atoms with Gasteiger partial charge in [0.2, 0.25) is 0 Å². The molecular weight excluding hydrogens is 112 g/mol. The zero-order valence-corrected chi connectivity index (χ0v) is 6.23. The highest BCUT2D eigenvalue weighted by molar-refractivity contribution is 5.88. The van der Waals surface area contributed by atoms with Crippen molar-refractivity contribution in [2.75, 3.05) is 0 Å². The molecule has 0 radical (unpaired) electrons. The molecule has 0 heterocycles. The van der Waals surface area contributed by atoms with Crippen LogP contribution < -0.4 is 5.73 Å². The number of nitrogens with one attached hydrogen (secondary N) is 1. The lowest BCUT2D eigenvalue weighted by Gasteiger charge is -2.10. The van der Waals surface area contributed by atoms with Crippen LogP contribution in [0, 0.1) is 10.8 Å². The molecule has 0 aromatic heterocycles. The van der Waals surface area contributed by atoms with Crippen molar-refractivity contribution in [3.63, 3.8) is 0 Å². The Kier molecular flexibility index (Phi) is 2.43. The number of amidine groups is 1. The van der Waals surface area contributed by atoms with Crippen molar-refractivity contribution >= 4 is 5.84 Å². The number of hydrogen-bond donors (Lipinski definition) is 2. The van der Waals surface area contributed by atoms with Crippen LogP contribution in [0.25, 0.3) is 0 Å².